The molecular weight excluding hydrogens is 355 g/mol. The first-order chi connectivity index (χ1) is 13.0. The van der Waals surface area contributed by atoms with E-state index in [0.29, 0.717) is 25.9 Å². The zero-order chi connectivity index (χ0) is 19.0. The first kappa shape index (κ1) is 17.4. The maximum Gasteiger partial charge on any atom is 0.407 e. The molecular formula is C18H19FN4O4. The molecule has 2 aromatic rings. The van der Waals surface area contributed by atoms with Gasteiger partial charge < -0.3 is 19.3 Å². The molecule has 0 bridgehead atoms. The number of piperidine rings is 1. The Bertz CT molecular complexity index is 845. The van der Waals surface area contributed by atoms with E-state index in [1.807, 2.05) is 0 Å². The molecule has 2 amide bonds. The Hall–Kier alpha value is -2.97. The number of aromatic nitrogens is 2. The minimum absolute atomic E-state index is 0.0109. The monoisotopic (exact) mass is 374 g/mol. The summed E-state index contributed by atoms with van der Waals surface area (Å²) in [5.74, 6) is -0.706. The highest BCUT2D eigenvalue weighted by molar-refractivity contribution is 5.95. The fourth-order valence-corrected chi connectivity index (χ4v) is 3.54. The lowest BCUT2D eigenvalue weighted by molar-refractivity contribution is 0.0550. The van der Waals surface area contributed by atoms with Gasteiger partial charge in [0.2, 0.25) is 0 Å². The molecule has 0 spiro atoms. The molecule has 1 N–H and O–H groups in total. The van der Waals surface area contributed by atoms with E-state index in [1.165, 1.54) is 29.8 Å². The van der Waals surface area contributed by atoms with E-state index in [2.05, 4.69) is 9.97 Å². The van der Waals surface area contributed by atoms with Crippen molar-refractivity contribution in [1.29, 1.82) is 0 Å². The maximum atomic E-state index is 14.4. The first-order valence-electron chi connectivity index (χ1n) is 8.89. The quantitative estimate of drug-likeness (QED) is 0.883. The summed E-state index contributed by atoms with van der Waals surface area (Å²) in [4.78, 5) is 35.1. The first-order valence-corrected chi connectivity index (χ1v) is 8.89. The van der Waals surface area contributed by atoms with E-state index in [9.17, 15) is 14.0 Å². The minimum atomic E-state index is -0.938. The molecule has 142 valence electrons. The van der Waals surface area contributed by atoms with Crippen LogP contribution in [-0.2, 0) is 0 Å². The van der Waals surface area contributed by atoms with E-state index >= 15 is 0 Å². The number of carboxylic acid groups (broad SMARTS) is 1. The Morgan fingerprint density at radius 3 is 2.44 bits per heavy atom. The number of carbonyl (C=O) groups is 2. The normalized spacial score (nSPS) is 17.7. The van der Waals surface area contributed by atoms with E-state index in [1.54, 1.807) is 4.90 Å². The summed E-state index contributed by atoms with van der Waals surface area (Å²) >= 11 is 0. The number of likely N-dealkylation sites (tertiary alicyclic amines) is 1. The number of rotatable bonds is 4. The molecule has 2 fully saturated rings. The van der Waals surface area contributed by atoms with Crippen molar-refractivity contribution in [2.45, 2.75) is 37.8 Å². The molecule has 1 saturated carbocycles. The minimum Gasteiger partial charge on any atom is -0.465 e. The largest absolute Gasteiger partial charge is 0.465 e. The number of oxazole rings is 1. The third-order valence-corrected chi connectivity index (χ3v) is 5.06. The lowest BCUT2D eigenvalue weighted by Gasteiger charge is -2.38. The third kappa shape index (κ3) is 3.49. The Balaban J connectivity index is 1.53. The third-order valence-electron chi connectivity index (χ3n) is 5.06. The molecule has 4 rings (SSSR count). The van der Waals surface area contributed by atoms with Crippen molar-refractivity contribution in [2.75, 3.05) is 13.1 Å². The number of carbonyl (C=O) groups excluding carboxylic acids is 1. The van der Waals surface area contributed by atoms with Crippen LogP contribution >= 0.6 is 0 Å². The highest BCUT2D eigenvalue weighted by Gasteiger charge is 2.39. The summed E-state index contributed by atoms with van der Waals surface area (Å²) in [6.45, 7) is 0.793. The molecule has 1 aliphatic carbocycles. The van der Waals surface area contributed by atoms with Crippen molar-refractivity contribution in [3.8, 4) is 11.5 Å². The van der Waals surface area contributed by atoms with E-state index in [0.717, 1.165) is 12.8 Å². The predicted molar refractivity (Wildman–Crippen MR) is 91.5 cm³/mol. The number of hydrogen-bond acceptors (Lipinski definition) is 5. The maximum absolute atomic E-state index is 14.4. The second kappa shape index (κ2) is 6.98. The van der Waals surface area contributed by atoms with Crippen LogP contribution in [0.25, 0.3) is 11.5 Å². The van der Waals surface area contributed by atoms with Crippen LogP contribution in [0.2, 0.25) is 0 Å². The van der Waals surface area contributed by atoms with E-state index in [-0.39, 0.29) is 35.0 Å². The van der Waals surface area contributed by atoms with Gasteiger partial charge in [-0.15, -0.1) is 0 Å². The van der Waals surface area contributed by atoms with E-state index in [4.69, 9.17) is 9.52 Å². The predicted octanol–water partition coefficient (Wildman–Crippen LogP) is 2.62. The van der Waals surface area contributed by atoms with Crippen molar-refractivity contribution < 1.29 is 23.5 Å². The highest BCUT2D eigenvalue weighted by Crippen LogP contribution is 2.33. The average molecular weight is 374 g/mol. The number of pyridine rings is 1. The SMILES string of the molecule is O=C(O)N1CCC(N(C(=O)c2cnc(-c3cnco3)c(F)c2)C2CC2)CC1. The molecule has 0 radical (unpaired) electrons. The molecule has 8 nitrogen and oxygen atoms in total. The fraction of sp³-hybridized carbons (Fsp3) is 0.444. The Morgan fingerprint density at radius 2 is 1.89 bits per heavy atom. The van der Waals surface area contributed by atoms with Crippen LogP contribution in [0, 0.1) is 5.82 Å². The van der Waals surface area contributed by atoms with Gasteiger partial charge in [0.15, 0.2) is 18.0 Å². The van der Waals surface area contributed by atoms with Gasteiger partial charge in [-0.05, 0) is 31.7 Å². The van der Waals surface area contributed by atoms with Gasteiger partial charge in [0, 0.05) is 31.4 Å². The van der Waals surface area contributed by atoms with Gasteiger partial charge in [0.05, 0.1) is 11.8 Å². The standard InChI is InChI=1S/C18H19FN4O4/c19-14-7-11(8-21-16(14)15-9-20-10-27-15)17(24)23(12-1-2-12)13-3-5-22(6-4-13)18(25)26/h7-10,12-13H,1-6H2,(H,25,26). The molecule has 0 atom stereocenters. The van der Waals surface area contributed by atoms with Crippen molar-refractivity contribution in [1.82, 2.24) is 19.8 Å². The van der Waals surface area contributed by atoms with Crippen molar-refractivity contribution in [3.05, 3.63) is 36.2 Å². The number of halogens is 1. The van der Waals surface area contributed by atoms with Crippen LogP contribution in [-0.4, -0.2) is 62.0 Å². The topological polar surface area (TPSA) is 99.8 Å². The molecule has 2 aliphatic rings. The highest BCUT2D eigenvalue weighted by atomic mass is 19.1. The zero-order valence-corrected chi connectivity index (χ0v) is 14.5. The van der Waals surface area contributed by atoms with Crippen molar-refractivity contribution in [3.63, 3.8) is 0 Å². The lowest BCUT2D eigenvalue weighted by atomic mass is 10.0. The van der Waals surface area contributed by atoms with Crippen LogP contribution in [0.1, 0.15) is 36.0 Å². The van der Waals surface area contributed by atoms with Crippen LogP contribution in [0.5, 0.6) is 0 Å². The van der Waals surface area contributed by atoms with Crippen LogP contribution in [0.4, 0.5) is 9.18 Å². The molecule has 0 aromatic carbocycles. The van der Waals surface area contributed by atoms with Gasteiger partial charge >= 0.3 is 6.09 Å². The Labute approximate surface area is 154 Å². The smallest absolute Gasteiger partial charge is 0.407 e. The molecule has 27 heavy (non-hydrogen) atoms. The van der Waals surface area contributed by atoms with Gasteiger partial charge in [0.1, 0.15) is 5.69 Å². The van der Waals surface area contributed by atoms with Crippen LogP contribution < -0.4 is 0 Å². The molecule has 1 aliphatic heterocycles. The Morgan fingerprint density at radius 1 is 1.19 bits per heavy atom. The summed E-state index contributed by atoms with van der Waals surface area (Å²) in [5.41, 5.74) is 0.195. The zero-order valence-electron chi connectivity index (χ0n) is 14.5. The van der Waals surface area contributed by atoms with Gasteiger partial charge in [0.25, 0.3) is 5.91 Å². The summed E-state index contributed by atoms with van der Waals surface area (Å²) in [5, 5.41) is 9.09. The Kier molecular flexibility index (Phi) is 4.51. The second-order valence-corrected chi connectivity index (χ2v) is 6.86. The summed E-state index contributed by atoms with van der Waals surface area (Å²) in [7, 11) is 0. The number of hydrogen-bond donors (Lipinski definition) is 1. The second-order valence-electron chi connectivity index (χ2n) is 6.86. The molecule has 9 heteroatoms. The number of nitrogens with zero attached hydrogens (tertiary/aromatic N) is 4. The summed E-state index contributed by atoms with van der Waals surface area (Å²) in [6, 6.07) is 1.27. The number of amides is 2. The van der Waals surface area contributed by atoms with Crippen LogP contribution in [0.3, 0.4) is 0 Å². The molecule has 1 saturated heterocycles. The summed E-state index contributed by atoms with van der Waals surface area (Å²) < 4.78 is 19.5. The van der Waals surface area contributed by atoms with Gasteiger partial charge in [-0.1, -0.05) is 0 Å². The van der Waals surface area contributed by atoms with Gasteiger partial charge in [-0.25, -0.2) is 19.2 Å². The van der Waals surface area contributed by atoms with E-state index < -0.39 is 11.9 Å². The van der Waals surface area contributed by atoms with Gasteiger partial charge in [-0.3, -0.25) is 4.79 Å². The molecule has 0 unspecified atom stereocenters. The average Bonchev–Trinajstić information content (AvgIpc) is 3.34. The van der Waals surface area contributed by atoms with Crippen molar-refractivity contribution in [2.24, 2.45) is 0 Å². The van der Waals surface area contributed by atoms with Crippen LogP contribution in [0.15, 0.2) is 29.3 Å². The molecule has 2 aromatic heterocycles. The lowest BCUT2D eigenvalue weighted by Crippen LogP contribution is -2.49. The molecule has 3 heterocycles. The fourth-order valence-electron chi connectivity index (χ4n) is 3.54. The van der Waals surface area contributed by atoms with Crippen molar-refractivity contribution >= 4 is 12.0 Å². The summed E-state index contributed by atoms with van der Waals surface area (Å²) in [6.07, 6.45) is 5.96. The van der Waals surface area contributed by atoms with Gasteiger partial charge in [-0.2, -0.15) is 0 Å².